The van der Waals surface area contributed by atoms with E-state index in [-0.39, 0.29) is 43.4 Å². The summed E-state index contributed by atoms with van der Waals surface area (Å²) in [6, 6.07) is 12.4. The van der Waals surface area contributed by atoms with Crippen LogP contribution in [0, 0.1) is 0 Å². The maximum absolute atomic E-state index is 13.2. The Morgan fingerprint density at radius 1 is 1.06 bits per heavy atom. The SMILES string of the molecule is CCC(C(=O)NC)N(Cc1ccccc1)C(=O)CCCN(c1cccc(C(F)(F)F)c1)S(C)(=O)=O. The van der Waals surface area contributed by atoms with Crippen molar-refractivity contribution >= 4 is 27.5 Å². The number of benzene rings is 2. The van der Waals surface area contributed by atoms with Crippen LogP contribution in [0.2, 0.25) is 0 Å². The molecule has 0 aliphatic carbocycles. The summed E-state index contributed by atoms with van der Waals surface area (Å²) in [5.41, 5.74) is -0.275. The molecule has 0 aliphatic heterocycles. The van der Waals surface area contributed by atoms with Crippen molar-refractivity contribution in [2.75, 3.05) is 24.2 Å². The number of carbonyl (C=O) groups excluding carboxylic acids is 2. The molecular formula is C24H30F3N3O4S. The van der Waals surface area contributed by atoms with Crippen molar-refractivity contribution in [3.8, 4) is 0 Å². The first-order valence-corrected chi connectivity index (χ1v) is 12.9. The second-order valence-electron chi connectivity index (χ2n) is 8.03. The molecule has 35 heavy (non-hydrogen) atoms. The average molecular weight is 514 g/mol. The molecule has 0 saturated heterocycles. The van der Waals surface area contributed by atoms with Crippen molar-refractivity contribution in [1.82, 2.24) is 10.2 Å². The molecule has 1 atom stereocenters. The van der Waals surface area contributed by atoms with Gasteiger partial charge in [0.15, 0.2) is 0 Å². The van der Waals surface area contributed by atoms with Gasteiger partial charge in [-0.15, -0.1) is 0 Å². The first-order valence-electron chi connectivity index (χ1n) is 11.1. The van der Waals surface area contributed by atoms with Crippen LogP contribution in [0.4, 0.5) is 18.9 Å². The number of halogens is 3. The third-order valence-electron chi connectivity index (χ3n) is 5.44. The number of nitrogens with one attached hydrogen (secondary N) is 1. The van der Waals surface area contributed by atoms with E-state index < -0.39 is 27.8 Å². The minimum atomic E-state index is -4.62. The van der Waals surface area contributed by atoms with E-state index in [1.165, 1.54) is 18.0 Å². The highest BCUT2D eigenvalue weighted by Crippen LogP contribution is 2.32. The van der Waals surface area contributed by atoms with Crippen LogP contribution in [0.15, 0.2) is 54.6 Å². The Kier molecular flexibility index (Phi) is 9.70. The zero-order valence-electron chi connectivity index (χ0n) is 19.9. The van der Waals surface area contributed by atoms with Crippen LogP contribution < -0.4 is 9.62 Å². The van der Waals surface area contributed by atoms with E-state index in [0.717, 1.165) is 34.3 Å². The summed E-state index contributed by atoms with van der Waals surface area (Å²) < 4.78 is 64.8. The normalized spacial score (nSPS) is 12.6. The lowest BCUT2D eigenvalue weighted by Crippen LogP contribution is -2.48. The van der Waals surface area contributed by atoms with Gasteiger partial charge in [-0.1, -0.05) is 43.3 Å². The smallest absolute Gasteiger partial charge is 0.357 e. The van der Waals surface area contributed by atoms with E-state index in [1.807, 2.05) is 30.3 Å². The maximum atomic E-state index is 13.2. The summed E-state index contributed by atoms with van der Waals surface area (Å²) >= 11 is 0. The maximum Gasteiger partial charge on any atom is 0.416 e. The summed E-state index contributed by atoms with van der Waals surface area (Å²) in [6.45, 7) is 1.78. The number of carbonyl (C=O) groups is 2. The van der Waals surface area contributed by atoms with E-state index in [1.54, 1.807) is 6.92 Å². The summed E-state index contributed by atoms with van der Waals surface area (Å²) in [5, 5.41) is 2.56. The number of anilines is 1. The van der Waals surface area contributed by atoms with Crippen molar-refractivity contribution in [1.29, 1.82) is 0 Å². The van der Waals surface area contributed by atoms with Gasteiger partial charge in [-0.25, -0.2) is 8.42 Å². The van der Waals surface area contributed by atoms with Crippen molar-refractivity contribution in [2.45, 2.75) is 44.9 Å². The van der Waals surface area contributed by atoms with Crippen LogP contribution in [0.5, 0.6) is 0 Å². The Morgan fingerprint density at radius 2 is 1.71 bits per heavy atom. The molecule has 0 radical (unpaired) electrons. The first-order chi connectivity index (χ1) is 16.4. The minimum Gasteiger partial charge on any atom is -0.357 e. The molecule has 0 heterocycles. The Hall–Kier alpha value is -3.08. The van der Waals surface area contributed by atoms with Gasteiger partial charge >= 0.3 is 6.18 Å². The van der Waals surface area contributed by atoms with Crippen LogP contribution >= 0.6 is 0 Å². The van der Waals surface area contributed by atoms with Gasteiger partial charge in [0, 0.05) is 26.6 Å². The van der Waals surface area contributed by atoms with Crippen LogP contribution in [0.1, 0.15) is 37.3 Å². The van der Waals surface area contributed by atoms with Gasteiger partial charge in [0.25, 0.3) is 0 Å². The number of hydrogen-bond acceptors (Lipinski definition) is 4. The molecule has 1 N–H and O–H groups in total. The molecular weight excluding hydrogens is 483 g/mol. The number of nitrogens with zero attached hydrogens (tertiary/aromatic N) is 2. The van der Waals surface area contributed by atoms with Gasteiger partial charge in [0.05, 0.1) is 17.5 Å². The van der Waals surface area contributed by atoms with Crippen molar-refractivity contribution in [3.63, 3.8) is 0 Å². The summed E-state index contributed by atoms with van der Waals surface area (Å²) in [7, 11) is -2.43. The van der Waals surface area contributed by atoms with E-state index in [4.69, 9.17) is 0 Å². The molecule has 0 spiro atoms. The van der Waals surface area contributed by atoms with E-state index >= 15 is 0 Å². The van der Waals surface area contributed by atoms with Gasteiger partial charge in [-0.3, -0.25) is 13.9 Å². The van der Waals surface area contributed by atoms with Crippen molar-refractivity contribution in [2.24, 2.45) is 0 Å². The highest BCUT2D eigenvalue weighted by Gasteiger charge is 2.32. The molecule has 0 fully saturated rings. The van der Waals surface area contributed by atoms with E-state index in [9.17, 15) is 31.2 Å². The van der Waals surface area contributed by atoms with Crippen molar-refractivity contribution < 1.29 is 31.2 Å². The quantitative estimate of drug-likeness (QED) is 0.495. The molecule has 2 amide bonds. The Labute approximate surface area is 204 Å². The fourth-order valence-corrected chi connectivity index (χ4v) is 4.66. The standard InChI is InChI=1S/C24H30F3N3O4S/c1-4-21(23(32)28-2)29(17-18-10-6-5-7-11-18)22(31)14-9-15-30(35(3,33)34)20-13-8-12-19(16-20)24(25,26)27/h5-8,10-13,16,21H,4,9,14-15,17H2,1-3H3,(H,28,32). The van der Waals surface area contributed by atoms with E-state index in [2.05, 4.69) is 5.32 Å². The number of hydrogen-bond donors (Lipinski definition) is 1. The predicted molar refractivity (Wildman–Crippen MR) is 128 cm³/mol. The lowest BCUT2D eigenvalue weighted by atomic mass is 10.1. The zero-order chi connectivity index (χ0) is 26.2. The molecule has 1 unspecified atom stereocenters. The second-order valence-corrected chi connectivity index (χ2v) is 9.94. The molecule has 11 heteroatoms. The van der Waals surface area contributed by atoms with Gasteiger partial charge in [0.1, 0.15) is 6.04 Å². The Bertz CT molecular complexity index is 1110. The van der Waals surface area contributed by atoms with Gasteiger partial charge in [-0.05, 0) is 36.6 Å². The third kappa shape index (κ3) is 7.98. The Balaban J connectivity index is 2.21. The topological polar surface area (TPSA) is 86.8 Å². The molecule has 2 aromatic rings. The van der Waals surface area contributed by atoms with Gasteiger partial charge < -0.3 is 10.2 Å². The Morgan fingerprint density at radius 3 is 2.26 bits per heavy atom. The lowest BCUT2D eigenvalue weighted by Gasteiger charge is -2.30. The number of amides is 2. The largest absolute Gasteiger partial charge is 0.416 e. The average Bonchev–Trinajstić information content (AvgIpc) is 2.80. The molecule has 0 aliphatic rings. The first kappa shape index (κ1) is 28.2. The van der Waals surface area contributed by atoms with Crippen LogP contribution in [0.3, 0.4) is 0 Å². The fourth-order valence-electron chi connectivity index (χ4n) is 3.71. The molecule has 0 aromatic heterocycles. The lowest BCUT2D eigenvalue weighted by molar-refractivity contribution is -0.141. The molecule has 192 valence electrons. The number of alkyl halides is 3. The summed E-state index contributed by atoms with van der Waals surface area (Å²) in [5.74, 6) is -0.680. The van der Waals surface area contributed by atoms with Gasteiger partial charge in [-0.2, -0.15) is 13.2 Å². The third-order valence-corrected chi connectivity index (χ3v) is 6.64. The van der Waals surface area contributed by atoms with E-state index in [0.29, 0.717) is 6.42 Å². The second kappa shape index (κ2) is 12.1. The number of likely N-dealkylation sites (N-methyl/N-ethyl adjacent to an activating group) is 1. The summed E-state index contributed by atoms with van der Waals surface area (Å²) in [6.07, 6.45) is -3.39. The van der Waals surface area contributed by atoms with Crippen LogP contribution in [-0.2, 0) is 32.3 Å². The molecule has 2 rings (SSSR count). The van der Waals surface area contributed by atoms with Gasteiger partial charge in [0.2, 0.25) is 21.8 Å². The van der Waals surface area contributed by atoms with Crippen molar-refractivity contribution in [3.05, 3.63) is 65.7 Å². The molecule has 0 bridgehead atoms. The predicted octanol–water partition coefficient (Wildman–Crippen LogP) is 3.81. The molecule has 0 saturated carbocycles. The molecule has 2 aromatic carbocycles. The molecule has 7 nitrogen and oxygen atoms in total. The number of rotatable bonds is 11. The summed E-state index contributed by atoms with van der Waals surface area (Å²) in [4.78, 5) is 27.0. The fraction of sp³-hybridized carbons (Fsp3) is 0.417. The highest BCUT2D eigenvalue weighted by atomic mass is 32.2. The minimum absolute atomic E-state index is 0.0532. The van der Waals surface area contributed by atoms with Crippen LogP contribution in [-0.4, -0.2) is 51.0 Å². The number of sulfonamides is 1. The monoisotopic (exact) mass is 513 g/mol. The zero-order valence-corrected chi connectivity index (χ0v) is 20.7. The highest BCUT2D eigenvalue weighted by molar-refractivity contribution is 7.92. The van der Waals surface area contributed by atoms with Crippen LogP contribution in [0.25, 0.3) is 0 Å².